The average Bonchev–Trinajstić information content (AvgIpc) is 3.55. The predicted molar refractivity (Wildman–Crippen MR) is 129 cm³/mol. The van der Waals surface area contributed by atoms with Crippen LogP contribution in [-0.2, 0) is 11.0 Å². The van der Waals surface area contributed by atoms with Crippen LogP contribution in [0.3, 0.4) is 0 Å². The SMILES string of the molecule is O=C(O)C1CC[C@H](Nc2ccc(-c3nc(-c4ccc(N5CCC(F)CC5)c(C(F)(F)F)c4)no3)cc2)C1. The number of aliphatic carboxylic acids is 1. The van der Waals surface area contributed by atoms with E-state index < -0.39 is 23.9 Å². The molecule has 1 aromatic heterocycles. The third kappa shape index (κ3) is 5.55. The van der Waals surface area contributed by atoms with Crippen molar-refractivity contribution in [3.05, 3.63) is 48.0 Å². The van der Waals surface area contributed by atoms with Crippen molar-refractivity contribution in [3.8, 4) is 22.8 Å². The van der Waals surface area contributed by atoms with Crippen LogP contribution >= 0.6 is 0 Å². The summed E-state index contributed by atoms with van der Waals surface area (Å²) in [6, 6.07) is 11.1. The van der Waals surface area contributed by atoms with Crippen molar-refractivity contribution in [2.45, 2.75) is 50.5 Å². The van der Waals surface area contributed by atoms with Crippen molar-refractivity contribution in [1.29, 1.82) is 0 Å². The van der Waals surface area contributed by atoms with Gasteiger partial charge in [-0.1, -0.05) is 5.16 Å². The van der Waals surface area contributed by atoms with Crippen molar-refractivity contribution >= 4 is 17.3 Å². The molecule has 2 atom stereocenters. The molecule has 1 aliphatic heterocycles. The van der Waals surface area contributed by atoms with Crippen molar-refractivity contribution < 1.29 is 32.0 Å². The summed E-state index contributed by atoms with van der Waals surface area (Å²) in [5.41, 5.74) is 0.787. The van der Waals surface area contributed by atoms with Crippen molar-refractivity contribution in [2.24, 2.45) is 5.92 Å². The molecule has 1 saturated heterocycles. The fourth-order valence-corrected chi connectivity index (χ4v) is 5.01. The van der Waals surface area contributed by atoms with Gasteiger partial charge in [0.1, 0.15) is 6.17 Å². The lowest BCUT2D eigenvalue weighted by atomic mass is 10.0. The number of benzene rings is 2. The Balaban J connectivity index is 1.32. The van der Waals surface area contributed by atoms with Crippen LogP contribution in [0.4, 0.5) is 28.9 Å². The molecule has 5 rings (SSSR count). The minimum Gasteiger partial charge on any atom is -0.481 e. The van der Waals surface area contributed by atoms with Crippen LogP contribution in [0.1, 0.15) is 37.7 Å². The summed E-state index contributed by atoms with van der Waals surface area (Å²) < 4.78 is 60.5. The van der Waals surface area contributed by atoms with E-state index in [1.807, 2.05) is 12.1 Å². The van der Waals surface area contributed by atoms with Gasteiger partial charge in [-0.05, 0) is 74.6 Å². The summed E-state index contributed by atoms with van der Waals surface area (Å²) in [7, 11) is 0. The fourth-order valence-electron chi connectivity index (χ4n) is 5.01. The first-order valence-corrected chi connectivity index (χ1v) is 12.2. The van der Waals surface area contributed by atoms with E-state index in [0.717, 1.165) is 18.2 Å². The Bertz CT molecular complexity index is 1250. The first kappa shape index (κ1) is 25.0. The standard InChI is InChI=1S/C26H26F4N4O3/c27-18-9-11-34(12-10-18)22-8-4-16(14-21(22)26(28,29)30)23-32-24(37-33-23)15-1-5-19(6-2-15)31-20-7-3-17(13-20)25(35)36/h1-2,4-6,8,14,17-18,20,31H,3,7,9-13H2,(H,35,36)/t17?,20-/m0/s1. The molecule has 37 heavy (non-hydrogen) atoms. The molecule has 2 heterocycles. The second-order valence-corrected chi connectivity index (χ2v) is 9.58. The number of nitrogens with zero attached hydrogens (tertiary/aromatic N) is 3. The van der Waals surface area contributed by atoms with Crippen LogP contribution in [0.15, 0.2) is 47.0 Å². The molecule has 0 amide bonds. The summed E-state index contributed by atoms with van der Waals surface area (Å²) in [5.74, 6) is -0.911. The molecule has 0 bridgehead atoms. The maximum atomic E-state index is 13.9. The molecule has 7 nitrogen and oxygen atoms in total. The third-order valence-electron chi connectivity index (χ3n) is 7.04. The predicted octanol–water partition coefficient (Wildman–Crippen LogP) is 6.03. The number of halogens is 4. The zero-order chi connectivity index (χ0) is 26.2. The maximum Gasteiger partial charge on any atom is 0.418 e. The normalized spacial score (nSPS) is 20.8. The third-order valence-corrected chi connectivity index (χ3v) is 7.04. The molecule has 0 radical (unpaired) electrons. The Hall–Kier alpha value is -3.63. The number of alkyl halides is 4. The second-order valence-electron chi connectivity index (χ2n) is 9.58. The molecule has 3 aromatic rings. The summed E-state index contributed by atoms with van der Waals surface area (Å²) in [6.07, 6.45) is -3.20. The number of carboxylic acids is 1. The van der Waals surface area contributed by atoms with Crippen molar-refractivity contribution in [1.82, 2.24) is 10.1 Å². The van der Waals surface area contributed by atoms with Gasteiger partial charge in [-0.25, -0.2) is 4.39 Å². The van der Waals surface area contributed by atoms with Gasteiger partial charge >= 0.3 is 12.1 Å². The van der Waals surface area contributed by atoms with E-state index in [0.29, 0.717) is 18.4 Å². The van der Waals surface area contributed by atoms with Gasteiger partial charge in [0, 0.05) is 41.6 Å². The van der Waals surface area contributed by atoms with E-state index in [1.165, 1.54) is 12.1 Å². The number of rotatable bonds is 6. The van der Waals surface area contributed by atoms with Gasteiger partial charge in [-0.15, -0.1) is 0 Å². The van der Waals surface area contributed by atoms with Crippen LogP contribution in [0.25, 0.3) is 22.8 Å². The first-order valence-electron chi connectivity index (χ1n) is 12.2. The Morgan fingerprint density at radius 3 is 2.38 bits per heavy atom. The number of aromatic nitrogens is 2. The van der Waals surface area contributed by atoms with Crippen LogP contribution in [0.5, 0.6) is 0 Å². The average molecular weight is 519 g/mol. The number of carbonyl (C=O) groups is 1. The second kappa shape index (κ2) is 10.0. The monoisotopic (exact) mass is 518 g/mol. The molecule has 2 aliphatic rings. The Morgan fingerprint density at radius 2 is 1.73 bits per heavy atom. The van der Waals surface area contributed by atoms with Crippen LogP contribution in [0, 0.1) is 5.92 Å². The van der Waals surface area contributed by atoms with Crippen LogP contribution in [0.2, 0.25) is 0 Å². The van der Waals surface area contributed by atoms with Gasteiger partial charge in [0.25, 0.3) is 5.89 Å². The highest BCUT2D eigenvalue weighted by atomic mass is 19.4. The molecule has 2 aromatic carbocycles. The van der Waals surface area contributed by atoms with E-state index in [9.17, 15) is 22.4 Å². The minimum absolute atomic E-state index is 0.0203. The number of carboxylic acid groups (broad SMARTS) is 1. The lowest BCUT2D eigenvalue weighted by Gasteiger charge is -2.32. The van der Waals surface area contributed by atoms with E-state index in [1.54, 1.807) is 17.0 Å². The van der Waals surface area contributed by atoms with E-state index >= 15 is 0 Å². The van der Waals surface area contributed by atoms with Gasteiger partial charge in [0.2, 0.25) is 5.82 Å². The van der Waals surface area contributed by atoms with E-state index in [-0.39, 0.29) is 60.9 Å². The smallest absolute Gasteiger partial charge is 0.418 e. The zero-order valence-corrected chi connectivity index (χ0v) is 19.8. The van der Waals surface area contributed by atoms with Gasteiger partial charge in [0.05, 0.1) is 11.5 Å². The lowest BCUT2D eigenvalue weighted by Crippen LogP contribution is -2.35. The summed E-state index contributed by atoms with van der Waals surface area (Å²) >= 11 is 0. The first-order chi connectivity index (χ1) is 17.7. The molecule has 1 unspecified atom stereocenters. The molecule has 1 saturated carbocycles. The summed E-state index contributed by atoms with van der Waals surface area (Å²) in [4.78, 5) is 17.0. The number of piperidine rings is 1. The maximum absolute atomic E-state index is 13.9. The molecule has 1 aliphatic carbocycles. The van der Waals surface area contributed by atoms with Crippen LogP contribution < -0.4 is 10.2 Å². The molecule has 11 heteroatoms. The molecule has 196 valence electrons. The van der Waals surface area contributed by atoms with Gasteiger partial charge in [-0.2, -0.15) is 18.2 Å². The number of hydrogen-bond acceptors (Lipinski definition) is 6. The molecular formula is C26H26F4N4O3. The van der Waals surface area contributed by atoms with Gasteiger partial charge in [0.15, 0.2) is 0 Å². The zero-order valence-electron chi connectivity index (χ0n) is 19.8. The highest BCUT2D eigenvalue weighted by molar-refractivity contribution is 5.71. The van der Waals surface area contributed by atoms with E-state index in [4.69, 9.17) is 9.63 Å². The number of nitrogens with one attached hydrogen (secondary N) is 1. The highest BCUT2D eigenvalue weighted by Crippen LogP contribution is 2.40. The van der Waals surface area contributed by atoms with E-state index in [2.05, 4.69) is 15.5 Å². The fraction of sp³-hybridized carbons (Fsp3) is 0.423. The summed E-state index contributed by atoms with van der Waals surface area (Å²) in [5, 5.41) is 16.4. The molecular weight excluding hydrogens is 492 g/mol. The van der Waals surface area contributed by atoms with Crippen LogP contribution in [-0.4, -0.2) is 46.5 Å². The Morgan fingerprint density at radius 1 is 1.03 bits per heavy atom. The molecule has 0 spiro atoms. The quantitative estimate of drug-likeness (QED) is 0.385. The van der Waals surface area contributed by atoms with Gasteiger partial charge < -0.3 is 19.8 Å². The Labute approximate surface area is 210 Å². The summed E-state index contributed by atoms with van der Waals surface area (Å²) in [6.45, 7) is 0.448. The van der Waals surface area contributed by atoms with Gasteiger partial charge in [-0.3, -0.25) is 4.79 Å². The van der Waals surface area contributed by atoms with Crippen molar-refractivity contribution in [2.75, 3.05) is 23.3 Å². The lowest BCUT2D eigenvalue weighted by molar-refractivity contribution is -0.141. The topological polar surface area (TPSA) is 91.5 Å². The van der Waals surface area contributed by atoms with Crippen molar-refractivity contribution in [3.63, 3.8) is 0 Å². The minimum atomic E-state index is -4.60. The highest BCUT2D eigenvalue weighted by Gasteiger charge is 2.36. The molecule has 2 N–H and O–H groups in total. The molecule has 2 fully saturated rings. The largest absolute Gasteiger partial charge is 0.481 e. The Kier molecular flexibility index (Phi) is 6.78. The number of hydrogen-bond donors (Lipinski definition) is 2. The number of anilines is 2.